The highest BCUT2D eigenvalue weighted by atomic mass is 16.5. The number of hydrogen-bond acceptors (Lipinski definition) is 3. The van der Waals surface area contributed by atoms with E-state index < -0.39 is 0 Å². The molecule has 0 spiro atoms. The molecule has 1 N–H and O–H groups in total. The normalized spacial score (nSPS) is 12.7. The van der Waals surface area contributed by atoms with E-state index >= 15 is 0 Å². The Labute approximate surface area is 91.6 Å². The molecule has 0 aliphatic heterocycles. The van der Waals surface area contributed by atoms with E-state index in [-0.39, 0.29) is 0 Å². The van der Waals surface area contributed by atoms with Crippen LogP contribution < -0.4 is 5.32 Å². The highest BCUT2D eigenvalue weighted by Crippen LogP contribution is 2.08. The Morgan fingerprint density at radius 3 is 3.07 bits per heavy atom. The van der Waals surface area contributed by atoms with Crippen molar-refractivity contribution in [2.75, 3.05) is 19.0 Å². The number of methoxy groups -OCH3 is 1. The number of nitrogens with one attached hydrogen (secondary N) is 1. The van der Waals surface area contributed by atoms with Crippen LogP contribution in [-0.4, -0.2) is 29.5 Å². The fourth-order valence-corrected chi connectivity index (χ4v) is 1.44. The van der Waals surface area contributed by atoms with E-state index in [9.17, 15) is 0 Å². The number of aryl methyl sites for hydroxylation is 1. The molecule has 1 aromatic rings. The maximum Gasteiger partial charge on any atom is 0.0728 e. The molecule has 0 bridgehead atoms. The molecule has 0 aromatic carbocycles. The smallest absolute Gasteiger partial charge is 0.0728 e. The van der Waals surface area contributed by atoms with E-state index in [0.717, 1.165) is 31.7 Å². The Morgan fingerprint density at radius 2 is 2.40 bits per heavy atom. The van der Waals surface area contributed by atoms with Gasteiger partial charge in [0.2, 0.25) is 0 Å². The van der Waals surface area contributed by atoms with Gasteiger partial charge in [-0.05, 0) is 19.8 Å². The van der Waals surface area contributed by atoms with Crippen molar-refractivity contribution in [2.24, 2.45) is 0 Å². The van der Waals surface area contributed by atoms with Gasteiger partial charge in [0.25, 0.3) is 0 Å². The van der Waals surface area contributed by atoms with E-state index in [1.165, 1.54) is 0 Å². The van der Waals surface area contributed by atoms with E-state index in [4.69, 9.17) is 4.74 Å². The minimum absolute atomic E-state index is 0.421. The number of hydrogen-bond donors (Lipinski definition) is 1. The fourth-order valence-electron chi connectivity index (χ4n) is 1.44. The van der Waals surface area contributed by atoms with Crippen LogP contribution in [0.4, 0.5) is 5.69 Å². The van der Waals surface area contributed by atoms with Crippen molar-refractivity contribution in [3.05, 3.63) is 12.4 Å². The lowest BCUT2D eigenvalue weighted by Crippen LogP contribution is -2.16. The van der Waals surface area contributed by atoms with Gasteiger partial charge >= 0.3 is 0 Å². The molecular formula is C11H21N3O. The number of nitrogens with zero attached hydrogens (tertiary/aromatic N) is 2. The summed E-state index contributed by atoms with van der Waals surface area (Å²) in [7, 11) is 1.73. The van der Waals surface area contributed by atoms with Gasteiger partial charge < -0.3 is 10.1 Å². The summed E-state index contributed by atoms with van der Waals surface area (Å²) in [6, 6.07) is 0.421. The van der Waals surface area contributed by atoms with Crippen LogP contribution in [0.1, 0.15) is 26.7 Å². The molecular weight excluding hydrogens is 190 g/mol. The Morgan fingerprint density at radius 1 is 1.60 bits per heavy atom. The van der Waals surface area contributed by atoms with Crippen LogP contribution in [-0.2, 0) is 11.3 Å². The third-order valence-corrected chi connectivity index (χ3v) is 2.25. The van der Waals surface area contributed by atoms with E-state index in [1.54, 1.807) is 7.11 Å². The van der Waals surface area contributed by atoms with Crippen LogP contribution in [0, 0.1) is 0 Å². The first-order chi connectivity index (χ1) is 7.26. The first-order valence-electron chi connectivity index (χ1n) is 5.54. The van der Waals surface area contributed by atoms with Crippen molar-refractivity contribution in [3.8, 4) is 0 Å². The van der Waals surface area contributed by atoms with Gasteiger partial charge in [0.15, 0.2) is 0 Å². The topological polar surface area (TPSA) is 39.1 Å². The van der Waals surface area contributed by atoms with Crippen molar-refractivity contribution >= 4 is 5.69 Å². The maximum absolute atomic E-state index is 5.03. The quantitative estimate of drug-likeness (QED) is 0.751. The van der Waals surface area contributed by atoms with Crippen LogP contribution in [0.5, 0.6) is 0 Å². The molecule has 15 heavy (non-hydrogen) atoms. The van der Waals surface area contributed by atoms with Crippen molar-refractivity contribution in [1.82, 2.24) is 9.78 Å². The summed E-state index contributed by atoms with van der Waals surface area (Å²) >= 11 is 0. The molecule has 1 heterocycles. The molecule has 1 rings (SSSR count). The summed E-state index contributed by atoms with van der Waals surface area (Å²) in [6.45, 7) is 6.07. The van der Waals surface area contributed by atoms with E-state index in [0.29, 0.717) is 6.04 Å². The van der Waals surface area contributed by atoms with Crippen molar-refractivity contribution in [2.45, 2.75) is 39.3 Å². The van der Waals surface area contributed by atoms with Crippen molar-refractivity contribution in [1.29, 1.82) is 0 Å². The lowest BCUT2D eigenvalue weighted by atomic mass is 10.2. The van der Waals surface area contributed by atoms with Crippen molar-refractivity contribution in [3.63, 3.8) is 0 Å². The first-order valence-corrected chi connectivity index (χ1v) is 5.54. The minimum atomic E-state index is 0.421. The van der Waals surface area contributed by atoms with Gasteiger partial charge in [-0.2, -0.15) is 5.10 Å². The molecule has 0 aliphatic carbocycles. The van der Waals surface area contributed by atoms with Crippen LogP contribution in [0.15, 0.2) is 12.4 Å². The average Bonchev–Trinajstić information content (AvgIpc) is 2.63. The average molecular weight is 211 g/mol. The molecule has 0 saturated heterocycles. The molecule has 1 atom stereocenters. The zero-order chi connectivity index (χ0) is 11.1. The van der Waals surface area contributed by atoms with Gasteiger partial charge in [-0.15, -0.1) is 0 Å². The van der Waals surface area contributed by atoms with Gasteiger partial charge in [-0.1, -0.05) is 6.92 Å². The number of ether oxygens (including phenoxy) is 1. The standard InChI is InChI=1S/C11H21N3O/c1-4-6-14-9-11(8-12-14)13-10(2)5-7-15-3/h8-10,13H,4-7H2,1-3H3. The van der Waals surface area contributed by atoms with Crippen LogP contribution in [0.25, 0.3) is 0 Å². The molecule has 86 valence electrons. The molecule has 1 aromatic heterocycles. The van der Waals surface area contributed by atoms with E-state index in [1.807, 2.05) is 17.1 Å². The second kappa shape index (κ2) is 6.45. The minimum Gasteiger partial charge on any atom is -0.385 e. The highest BCUT2D eigenvalue weighted by molar-refractivity contribution is 5.38. The molecule has 0 amide bonds. The maximum atomic E-state index is 5.03. The van der Waals surface area contributed by atoms with Crippen LogP contribution in [0.2, 0.25) is 0 Å². The fraction of sp³-hybridized carbons (Fsp3) is 0.727. The van der Waals surface area contributed by atoms with Gasteiger partial charge in [-0.25, -0.2) is 0 Å². The Hall–Kier alpha value is -1.03. The Balaban J connectivity index is 2.35. The summed E-state index contributed by atoms with van der Waals surface area (Å²) in [6.07, 6.45) is 6.04. The van der Waals surface area contributed by atoms with E-state index in [2.05, 4.69) is 24.3 Å². The third-order valence-electron chi connectivity index (χ3n) is 2.25. The van der Waals surface area contributed by atoms with Crippen molar-refractivity contribution < 1.29 is 4.74 Å². The zero-order valence-electron chi connectivity index (χ0n) is 9.86. The molecule has 1 unspecified atom stereocenters. The SMILES string of the molecule is CCCn1cc(NC(C)CCOC)cn1. The second-order valence-corrected chi connectivity index (χ2v) is 3.82. The summed E-state index contributed by atoms with van der Waals surface area (Å²) in [4.78, 5) is 0. The lowest BCUT2D eigenvalue weighted by Gasteiger charge is -2.12. The molecule has 4 heteroatoms. The lowest BCUT2D eigenvalue weighted by molar-refractivity contribution is 0.191. The highest BCUT2D eigenvalue weighted by Gasteiger charge is 2.03. The monoisotopic (exact) mass is 211 g/mol. The van der Waals surface area contributed by atoms with Gasteiger partial charge in [-0.3, -0.25) is 4.68 Å². The molecule has 0 saturated carbocycles. The van der Waals surface area contributed by atoms with Crippen LogP contribution in [0.3, 0.4) is 0 Å². The Kier molecular flexibility index (Phi) is 5.18. The number of anilines is 1. The summed E-state index contributed by atoms with van der Waals surface area (Å²) in [5.74, 6) is 0. The Bertz CT molecular complexity index is 273. The largest absolute Gasteiger partial charge is 0.385 e. The summed E-state index contributed by atoms with van der Waals surface area (Å²) in [5, 5.41) is 7.65. The number of aromatic nitrogens is 2. The predicted molar refractivity (Wildman–Crippen MR) is 62.1 cm³/mol. The third kappa shape index (κ3) is 4.34. The molecule has 0 radical (unpaired) electrons. The predicted octanol–water partition coefficient (Wildman–Crippen LogP) is 2.13. The summed E-state index contributed by atoms with van der Waals surface area (Å²) in [5.41, 5.74) is 1.09. The van der Waals surface area contributed by atoms with Crippen LogP contribution >= 0.6 is 0 Å². The number of rotatable bonds is 7. The second-order valence-electron chi connectivity index (χ2n) is 3.82. The summed E-state index contributed by atoms with van der Waals surface area (Å²) < 4.78 is 7.00. The van der Waals surface area contributed by atoms with Gasteiger partial charge in [0, 0.05) is 32.5 Å². The first kappa shape index (κ1) is 12.0. The zero-order valence-corrected chi connectivity index (χ0v) is 9.86. The molecule has 4 nitrogen and oxygen atoms in total. The van der Waals surface area contributed by atoms with Gasteiger partial charge in [0.1, 0.15) is 0 Å². The van der Waals surface area contributed by atoms with Gasteiger partial charge in [0.05, 0.1) is 11.9 Å². The molecule has 0 aliphatic rings. The molecule has 0 fully saturated rings.